The molecular weight excluding hydrogens is 1090 g/mol. The standard InChI is InChI=1S/C72H133NO13/c1-3-5-7-9-11-13-15-17-19-21-23-25-27-29-30-32-34-36-38-40-42-44-46-48-50-52-54-56-64(77)73-60(59-83-71-69(82)67(80)70(63(58-75)85-71)86-72-68(81)66(79)65(78)62(57-74)84-72)61(76)55-53-51-49-47-45-43-41-39-37-35-33-31-28-26-24-22-20-18-16-14-12-10-8-6-4-2/h15,17,21,23,45,47,53,55,60-63,65-72,74-76,78-82H,3-14,16,18-20,22,24-44,46,48-52,54,56-59H2,1-2H3,(H,73,77)/b17-15-,23-21-,47-45+,55-53+. The average Bonchev–Trinajstić information content (AvgIpc) is 2.53. The van der Waals surface area contributed by atoms with Gasteiger partial charge in [-0.05, 0) is 64.2 Å². The highest BCUT2D eigenvalue weighted by Crippen LogP contribution is 2.30. The van der Waals surface area contributed by atoms with Crippen molar-refractivity contribution in [3.8, 4) is 0 Å². The van der Waals surface area contributed by atoms with Crippen LogP contribution in [0.25, 0.3) is 0 Å². The number of hydrogen-bond donors (Lipinski definition) is 9. The summed E-state index contributed by atoms with van der Waals surface area (Å²) in [6, 6.07) is -0.933. The predicted molar refractivity (Wildman–Crippen MR) is 351 cm³/mol. The van der Waals surface area contributed by atoms with Crippen molar-refractivity contribution in [2.75, 3.05) is 19.8 Å². The molecule has 2 saturated heterocycles. The van der Waals surface area contributed by atoms with Crippen molar-refractivity contribution in [3.05, 3.63) is 48.6 Å². The summed E-state index contributed by atoms with van der Waals surface area (Å²) in [6.45, 7) is 2.81. The lowest BCUT2D eigenvalue weighted by molar-refractivity contribution is -0.359. The summed E-state index contributed by atoms with van der Waals surface area (Å²) in [7, 11) is 0. The second-order valence-corrected chi connectivity index (χ2v) is 25.4. The van der Waals surface area contributed by atoms with Gasteiger partial charge in [0.1, 0.15) is 48.8 Å². The quantitative estimate of drug-likeness (QED) is 0.0204. The van der Waals surface area contributed by atoms with E-state index in [0.717, 1.165) is 38.5 Å². The van der Waals surface area contributed by atoms with E-state index in [2.05, 4.69) is 55.6 Å². The summed E-state index contributed by atoms with van der Waals surface area (Å²) in [4.78, 5) is 13.3. The number of allylic oxidation sites excluding steroid dienone is 7. The van der Waals surface area contributed by atoms with E-state index in [1.807, 2.05) is 6.08 Å². The van der Waals surface area contributed by atoms with E-state index in [1.54, 1.807) is 6.08 Å². The van der Waals surface area contributed by atoms with Gasteiger partial charge < -0.3 is 65.1 Å². The van der Waals surface area contributed by atoms with Gasteiger partial charge in [0.2, 0.25) is 5.91 Å². The molecule has 2 fully saturated rings. The van der Waals surface area contributed by atoms with Crippen molar-refractivity contribution >= 4 is 5.91 Å². The van der Waals surface area contributed by atoms with E-state index in [4.69, 9.17) is 18.9 Å². The number of ether oxygens (including phenoxy) is 4. The topological polar surface area (TPSA) is 228 Å². The maximum atomic E-state index is 13.3. The number of carbonyl (C=O) groups is 1. The van der Waals surface area contributed by atoms with Gasteiger partial charge in [-0.2, -0.15) is 0 Å². The Hall–Kier alpha value is -2.05. The molecule has 2 aliphatic rings. The number of carbonyl (C=O) groups excluding carboxylic acids is 1. The molecule has 504 valence electrons. The summed E-state index contributed by atoms with van der Waals surface area (Å²) in [5.74, 6) is -0.246. The van der Waals surface area contributed by atoms with Gasteiger partial charge >= 0.3 is 0 Å². The number of hydrogen-bond acceptors (Lipinski definition) is 13. The van der Waals surface area contributed by atoms with Crippen LogP contribution in [0.15, 0.2) is 48.6 Å². The molecule has 0 aromatic carbocycles. The zero-order chi connectivity index (χ0) is 62.3. The lowest BCUT2D eigenvalue weighted by Crippen LogP contribution is -2.65. The molecule has 0 saturated carbocycles. The molecule has 14 nitrogen and oxygen atoms in total. The van der Waals surface area contributed by atoms with E-state index >= 15 is 0 Å². The zero-order valence-electron chi connectivity index (χ0n) is 54.8. The molecule has 9 N–H and O–H groups in total. The van der Waals surface area contributed by atoms with Gasteiger partial charge in [0.15, 0.2) is 12.6 Å². The van der Waals surface area contributed by atoms with Crippen LogP contribution in [0.3, 0.4) is 0 Å². The summed E-state index contributed by atoms with van der Waals surface area (Å²) in [5, 5.41) is 87.4. The lowest BCUT2D eigenvalue weighted by atomic mass is 9.97. The third-order valence-corrected chi connectivity index (χ3v) is 17.5. The Morgan fingerprint density at radius 1 is 0.419 bits per heavy atom. The van der Waals surface area contributed by atoms with Crippen LogP contribution >= 0.6 is 0 Å². The maximum absolute atomic E-state index is 13.3. The van der Waals surface area contributed by atoms with Gasteiger partial charge in [0.25, 0.3) is 0 Å². The highest BCUT2D eigenvalue weighted by atomic mass is 16.7. The van der Waals surface area contributed by atoms with Gasteiger partial charge in [0.05, 0.1) is 32.0 Å². The highest BCUT2D eigenvalue weighted by Gasteiger charge is 2.51. The smallest absolute Gasteiger partial charge is 0.220 e. The first kappa shape index (κ1) is 80.0. The minimum Gasteiger partial charge on any atom is -0.394 e. The van der Waals surface area contributed by atoms with E-state index in [-0.39, 0.29) is 18.9 Å². The fourth-order valence-electron chi connectivity index (χ4n) is 11.8. The Labute approximate surface area is 524 Å². The van der Waals surface area contributed by atoms with Gasteiger partial charge in [-0.3, -0.25) is 4.79 Å². The molecule has 0 radical (unpaired) electrons. The van der Waals surface area contributed by atoms with Crippen LogP contribution in [0, 0.1) is 0 Å². The molecule has 1 amide bonds. The number of aliphatic hydroxyl groups excluding tert-OH is 8. The Morgan fingerprint density at radius 2 is 0.779 bits per heavy atom. The van der Waals surface area contributed by atoms with Gasteiger partial charge in [-0.15, -0.1) is 0 Å². The first-order chi connectivity index (χ1) is 42.1. The third-order valence-electron chi connectivity index (χ3n) is 17.5. The van der Waals surface area contributed by atoms with Crippen molar-refractivity contribution in [1.29, 1.82) is 0 Å². The maximum Gasteiger partial charge on any atom is 0.220 e. The second-order valence-electron chi connectivity index (χ2n) is 25.4. The van der Waals surface area contributed by atoms with Crippen LogP contribution in [0.5, 0.6) is 0 Å². The van der Waals surface area contributed by atoms with E-state index in [1.165, 1.54) is 238 Å². The molecule has 0 bridgehead atoms. The number of nitrogens with one attached hydrogen (secondary N) is 1. The molecule has 0 aromatic rings. The first-order valence-electron chi connectivity index (χ1n) is 35.9. The minimum absolute atomic E-state index is 0.246. The van der Waals surface area contributed by atoms with E-state index in [0.29, 0.717) is 12.8 Å². The highest BCUT2D eigenvalue weighted by molar-refractivity contribution is 5.76. The molecular formula is C72H133NO13. The molecule has 2 aliphatic heterocycles. The number of unbranched alkanes of at least 4 members (excludes halogenated alkanes) is 40. The predicted octanol–water partition coefficient (Wildman–Crippen LogP) is 14.7. The normalized spacial score (nSPS) is 23.7. The molecule has 14 heteroatoms. The van der Waals surface area contributed by atoms with Crippen molar-refractivity contribution < 1.29 is 64.6 Å². The SMILES string of the molecule is CCCCCCC/C=C\C/C=C\CCCCCCCCCCCCCCCCCC(=O)NC(COC1OC(CO)C(OC2OC(CO)C(O)C(O)C2O)C(O)C1O)C(O)/C=C/CC/C=C/CCCCCCCCCCCCCCCCCCCCC. The fourth-order valence-corrected chi connectivity index (χ4v) is 11.8. The Bertz CT molecular complexity index is 1630. The molecule has 12 atom stereocenters. The van der Waals surface area contributed by atoms with Crippen LogP contribution in [0.4, 0.5) is 0 Å². The molecule has 2 heterocycles. The van der Waals surface area contributed by atoms with Crippen LogP contribution in [0.2, 0.25) is 0 Å². The Balaban J connectivity index is 1.69. The first-order valence-corrected chi connectivity index (χ1v) is 35.9. The van der Waals surface area contributed by atoms with E-state index < -0.39 is 86.8 Å². The summed E-state index contributed by atoms with van der Waals surface area (Å²) in [6.07, 6.45) is 57.4. The number of amides is 1. The summed E-state index contributed by atoms with van der Waals surface area (Å²) in [5.41, 5.74) is 0. The van der Waals surface area contributed by atoms with Crippen LogP contribution in [0.1, 0.15) is 309 Å². The third kappa shape index (κ3) is 40.6. The van der Waals surface area contributed by atoms with Gasteiger partial charge in [0, 0.05) is 6.42 Å². The van der Waals surface area contributed by atoms with Crippen LogP contribution in [-0.2, 0) is 23.7 Å². The molecule has 0 aliphatic carbocycles. The van der Waals surface area contributed by atoms with Crippen LogP contribution < -0.4 is 5.32 Å². The monoisotopic (exact) mass is 1220 g/mol. The molecule has 0 spiro atoms. The van der Waals surface area contributed by atoms with E-state index in [9.17, 15) is 45.6 Å². The second kappa shape index (κ2) is 56.9. The number of rotatable bonds is 59. The fraction of sp³-hybridized carbons (Fsp3) is 0.875. The van der Waals surface area contributed by atoms with Crippen molar-refractivity contribution in [2.45, 2.75) is 383 Å². The molecule has 2 rings (SSSR count). The average molecular weight is 1220 g/mol. The largest absolute Gasteiger partial charge is 0.394 e. The summed E-state index contributed by atoms with van der Waals surface area (Å²) >= 11 is 0. The minimum atomic E-state index is -1.79. The van der Waals surface area contributed by atoms with Crippen molar-refractivity contribution in [2.24, 2.45) is 0 Å². The zero-order valence-corrected chi connectivity index (χ0v) is 54.8. The Morgan fingerprint density at radius 3 is 1.21 bits per heavy atom. The molecule has 12 unspecified atom stereocenters. The van der Waals surface area contributed by atoms with Crippen molar-refractivity contribution in [1.82, 2.24) is 5.32 Å². The Kier molecular flexibility index (Phi) is 53.0. The lowest BCUT2D eigenvalue weighted by Gasteiger charge is -2.46. The van der Waals surface area contributed by atoms with Crippen molar-refractivity contribution in [3.63, 3.8) is 0 Å². The van der Waals surface area contributed by atoms with Crippen LogP contribution in [-0.4, -0.2) is 140 Å². The molecule has 86 heavy (non-hydrogen) atoms. The molecule has 0 aromatic heterocycles. The van der Waals surface area contributed by atoms with Gasteiger partial charge in [-0.25, -0.2) is 0 Å². The number of aliphatic hydroxyl groups is 8. The van der Waals surface area contributed by atoms with Gasteiger partial charge in [-0.1, -0.05) is 287 Å². The summed E-state index contributed by atoms with van der Waals surface area (Å²) < 4.78 is 22.9.